The molecule has 0 saturated carbocycles. The van der Waals surface area contributed by atoms with Crippen molar-refractivity contribution in [2.45, 2.75) is 40.0 Å². The highest BCUT2D eigenvalue weighted by Crippen LogP contribution is 2.46. The number of hydrogen-bond donors (Lipinski definition) is 1. The first kappa shape index (κ1) is 28.2. The quantitative estimate of drug-likeness (QED) is 0.208. The number of aryl methyl sites for hydroxylation is 3. The third kappa shape index (κ3) is 5.51. The summed E-state index contributed by atoms with van der Waals surface area (Å²) in [6.45, 7) is 11.0. The van der Waals surface area contributed by atoms with Crippen molar-refractivity contribution in [2.24, 2.45) is 0 Å². The van der Waals surface area contributed by atoms with Crippen LogP contribution in [0.1, 0.15) is 41.8 Å². The number of rotatable bonds is 6. The van der Waals surface area contributed by atoms with Crippen LogP contribution in [0.2, 0.25) is 0 Å². The average Bonchev–Trinajstić information content (AvgIpc) is 3.20. The molecular weight excluding hydrogens is 522 g/mol. The molecule has 0 fully saturated rings. The van der Waals surface area contributed by atoms with Crippen molar-refractivity contribution in [3.05, 3.63) is 155 Å². The van der Waals surface area contributed by atoms with Crippen molar-refractivity contribution in [1.82, 2.24) is 0 Å². The van der Waals surface area contributed by atoms with Crippen molar-refractivity contribution in [1.29, 1.82) is 0 Å². The van der Waals surface area contributed by atoms with Gasteiger partial charge in [0.25, 0.3) is 0 Å². The SMILES string of the molecule is Cc1ccc(-c2cc(/C=C/C=C3/N(C)c4ccccc4C3(C)C)[n+](Nc3ccccc3C)c(-c3ccc(C)cc3)c2)cc1. The predicted octanol–water partition coefficient (Wildman–Crippen LogP) is 9.43. The molecule has 1 aliphatic heterocycles. The summed E-state index contributed by atoms with van der Waals surface area (Å²) in [5, 5.41) is 0. The molecule has 1 aliphatic rings. The molecule has 0 unspecified atom stereocenters. The van der Waals surface area contributed by atoms with Gasteiger partial charge in [-0.05, 0) is 73.4 Å². The van der Waals surface area contributed by atoms with E-state index < -0.39 is 0 Å². The Morgan fingerprint density at radius 3 is 2.00 bits per heavy atom. The summed E-state index contributed by atoms with van der Waals surface area (Å²) < 4.78 is 2.22. The molecule has 6 rings (SSSR count). The van der Waals surface area contributed by atoms with Gasteiger partial charge in [-0.2, -0.15) is 5.43 Å². The summed E-state index contributed by atoms with van der Waals surface area (Å²) >= 11 is 0. The molecule has 0 amide bonds. The zero-order valence-corrected chi connectivity index (χ0v) is 26.0. The first-order valence-electron chi connectivity index (χ1n) is 15.0. The molecule has 0 radical (unpaired) electrons. The van der Waals surface area contributed by atoms with E-state index in [2.05, 4.69) is 184 Å². The van der Waals surface area contributed by atoms with E-state index in [-0.39, 0.29) is 5.41 Å². The molecule has 3 heteroatoms. The Morgan fingerprint density at radius 1 is 0.698 bits per heavy atom. The summed E-state index contributed by atoms with van der Waals surface area (Å²) in [5.74, 6) is 0. The second-order valence-electron chi connectivity index (χ2n) is 12.2. The van der Waals surface area contributed by atoms with Crippen LogP contribution in [0.3, 0.4) is 0 Å². The number of benzene rings is 4. The van der Waals surface area contributed by atoms with Crippen molar-refractivity contribution in [3.8, 4) is 22.4 Å². The van der Waals surface area contributed by atoms with Gasteiger partial charge in [0.2, 0.25) is 11.4 Å². The van der Waals surface area contributed by atoms with Gasteiger partial charge >= 0.3 is 0 Å². The van der Waals surface area contributed by atoms with Crippen LogP contribution in [-0.4, -0.2) is 7.05 Å². The molecule has 0 bridgehead atoms. The fourth-order valence-electron chi connectivity index (χ4n) is 6.07. The van der Waals surface area contributed by atoms with Gasteiger partial charge in [0.15, 0.2) is 0 Å². The molecule has 3 nitrogen and oxygen atoms in total. The van der Waals surface area contributed by atoms with Gasteiger partial charge in [-0.3, -0.25) is 0 Å². The smallest absolute Gasteiger partial charge is 0.244 e. The van der Waals surface area contributed by atoms with Crippen molar-refractivity contribution in [2.75, 3.05) is 17.4 Å². The molecule has 0 atom stereocenters. The fraction of sp³-hybridized carbons (Fsp3) is 0.175. The fourth-order valence-corrected chi connectivity index (χ4v) is 6.07. The maximum Gasteiger partial charge on any atom is 0.244 e. The summed E-state index contributed by atoms with van der Waals surface area (Å²) in [5.41, 5.74) is 18.0. The zero-order chi connectivity index (χ0) is 30.1. The number of para-hydroxylation sites is 2. The lowest BCUT2D eigenvalue weighted by Crippen LogP contribution is -2.47. The van der Waals surface area contributed by atoms with Crippen LogP contribution in [0.4, 0.5) is 11.4 Å². The molecular formula is C40H40N3+. The lowest BCUT2D eigenvalue weighted by molar-refractivity contribution is -0.633. The Morgan fingerprint density at radius 2 is 1.33 bits per heavy atom. The average molecular weight is 563 g/mol. The Bertz CT molecular complexity index is 1840. The minimum atomic E-state index is -0.0815. The standard InChI is InChI=1S/C40H40N3/c1-28-18-22-31(23-19-28)33-26-34(13-11-17-39-40(4,5)35-14-8-10-16-37(35)42(39)6)43(41-36-15-9-7-12-30(36)3)38(27-33)32-24-20-29(2)21-25-32/h7-27,41H,1-6H3/q+1. The van der Waals surface area contributed by atoms with E-state index in [0.29, 0.717) is 0 Å². The van der Waals surface area contributed by atoms with Gasteiger partial charge in [0, 0.05) is 47.6 Å². The molecule has 43 heavy (non-hydrogen) atoms. The minimum absolute atomic E-state index is 0.0815. The van der Waals surface area contributed by atoms with E-state index in [0.717, 1.165) is 22.6 Å². The zero-order valence-electron chi connectivity index (χ0n) is 26.0. The molecule has 214 valence electrons. The van der Waals surface area contributed by atoms with Crippen LogP contribution in [0.25, 0.3) is 28.5 Å². The highest BCUT2D eigenvalue weighted by Gasteiger charge is 2.37. The Balaban J connectivity index is 1.53. The van der Waals surface area contributed by atoms with Gasteiger partial charge in [0.05, 0.1) is 5.69 Å². The number of likely N-dealkylation sites (N-methyl/N-ethyl adjacent to an activating group) is 1. The monoisotopic (exact) mass is 562 g/mol. The first-order valence-corrected chi connectivity index (χ1v) is 15.0. The summed E-state index contributed by atoms with van der Waals surface area (Å²) in [6.07, 6.45) is 6.69. The highest BCUT2D eigenvalue weighted by atomic mass is 15.4. The van der Waals surface area contributed by atoms with E-state index in [4.69, 9.17) is 0 Å². The lowest BCUT2D eigenvalue weighted by Gasteiger charge is -2.23. The van der Waals surface area contributed by atoms with E-state index in [1.807, 2.05) is 0 Å². The van der Waals surface area contributed by atoms with E-state index >= 15 is 0 Å². The van der Waals surface area contributed by atoms with Gasteiger partial charge in [0.1, 0.15) is 0 Å². The van der Waals surface area contributed by atoms with Gasteiger partial charge < -0.3 is 4.90 Å². The largest absolute Gasteiger partial charge is 0.347 e. The summed E-state index contributed by atoms with van der Waals surface area (Å²) in [6, 6.07) is 39.3. The van der Waals surface area contributed by atoms with E-state index in [9.17, 15) is 0 Å². The van der Waals surface area contributed by atoms with Crippen LogP contribution < -0.4 is 15.0 Å². The number of nitrogens with zero attached hydrogens (tertiary/aromatic N) is 2. The van der Waals surface area contributed by atoms with E-state index in [1.54, 1.807) is 0 Å². The molecule has 0 spiro atoms. The summed E-state index contributed by atoms with van der Waals surface area (Å²) in [4.78, 5) is 2.32. The number of fused-ring (bicyclic) bond motifs is 1. The van der Waals surface area contributed by atoms with Crippen molar-refractivity contribution >= 4 is 17.5 Å². The number of hydrogen-bond acceptors (Lipinski definition) is 2. The maximum atomic E-state index is 3.76. The van der Waals surface area contributed by atoms with Crippen LogP contribution in [0.5, 0.6) is 0 Å². The lowest BCUT2D eigenvalue weighted by atomic mass is 9.84. The number of allylic oxidation sites excluding steroid dienone is 3. The first-order chi connectivity index (χ1) is 20.7. The number of pyridine rings is 1. The normalized spacial score (nSPS) is 14.8. The van der Waals surface area contributed by atoms with Crippen LogP contribution in [0, 0.1) is 20.8 Å². The maximum absolute atomic E-state index is 3.76. The Kier molecular flexibility index (Phi) is 7.50. The molecule has 1 N–H and O–H groups in total. The second kappa shape index (κ2) is 11.4. The molecule has 4 aromatic carbocycles. The number of nitrogens with one attached hydrogen (secondary N) is 1. The molecule has 2 heterocycles. The minimum Gasteiger partial charge on any atom is -0.347 e. The van der Waals surface area contributed by atoms with Crippen LogP contribution >= 0.6 is 0 Å². The number of anilines is 2. The molecule has 5 aromatic rings. The molecule has 0 aliphatic carbocycles. The Hall–Kier alpha value is -4.89. The van der Waals surface area contributed by atoms with Gasteiger partial charge in [-0.1, -0.05) is 109 Å². The third-order valence-corrected chi connectivity index (χ3v) is 8.67. The number of aromatic nitrogens is 1. The van der Waals surface area contributed by atoms with Crippen molar-refractivity contribution in [3.63, 3.8) is 0 Å². The second-order valence-corrected chi connectivity index (χ2v) is 12.2. The topological polar surface area (TPSA) is 19.1 Å². The van der Waals surface area contributed by atoms with Gasteiger partial charge in [-0.25, -0.2) is 0 Å². The molecule has 1 aromatic heterocycles. The highest BCUT2D eigenvalue weighted by molar-refractivity contribution is 5.73. The van der Waals surface area contributed by atoms with Crippen molar-refractivity contribution < 1.29 is 4.68 Å². The third-order valence-electron chi connectivity index (χ3n) is 8.67. The van der Waals surface area contributed by atoms with Gasteiger partial charge in [-0.15, -0.1) is 0 Å². The Labute approximate surface area is 256 Å². The predicted molar refractivity (Wildman–Crippen MR) is 182 cm³/mol. The van der Waals surface area contributed by atoms with Crippen LogP contribution in [-0.2, 0) is 5.41 Å². The molecule has 0 saturated heterocycles. The van der Waals surface area contributed by atoms with E-state index in [1.165, 1.54) is 44.8 Å². The summed E-state index contributed by atoms with van der Waals surface area (Å²) in [7, 11) is 2.17. The van der Waals surface area contributed by atoms with Crippen LogP contribution in [0.15, 0.2) is 127 Å².